The monoisotopic (exact) mass is 533 g/mol. The van der Waals surface area contributed by atoms with Crippen LogP contribution in [-0.2, 0) is 4.79 Å². The first-order valence-corrected chi connectivity index (χ1v) is 12.7. The van der Waals surface area contributed by atoms with Crippen LogP contribution in [0.4, 0.5) is 0 Å². The van der Waals surface area contributed by atoms with E-state index in [1.54, 1.807) is 45.9 Å². The first kappa shape index (κ1) is 24.7. The molecule has 0 saturated heterocycles. The van der Waals surface area contributed by atoms with E-state index in [2.05, 4.69) is 4.99 Å². The highest BCUT2D eigenvalue weighted by molar-refractivity contribution is 7.07. The van der Waals surface area contributed by atoms with E-state index in [0.717, 1.165) is 5.56 Å². The SMILES string of the molecule is CCN(CC)C(=O)C1=C(C)N=c2s/c(=C/c3cccc(Cl)c3Cl)c(=O)n2[C@H]1c1ccc(Cl)cc1. The summed E-state index contributed by atoms with van der Waals surface area (Å²) >= 11 is 19.9. The molecule has 0 unspecified atom stereocenters. The minimum atomic E-state index is -0.626. The van der Waals surface area contributed by atoms with Crippen molar-refractivity contribution in [2.24, 2.45) is 4.99 Å². The van der Waals surface area contributed by atoms with Crippen molar-refractivity contribution >= 4 is 58.1 Å². The number of thiazole rings is 1. The van der Waals surface area contributed by atoms with Crippen molar-refractivity contribution in [2.45, 2.75) is 26.8 Å². The Morgan fingerprint density at radius 1 is 1.12 bits per heavy atom. The number of benzene rings is 2. The summed E-state index contributed by atoms with van der Waals surface area (Å²) in [5.41, 5.74) is 2.23. The third kappa shape index (κ3) is 4.48. The van der Waals surface area contributed by atoms with Gasteiger partial charge >= 0.3 is 0 Å². The Bertz CT molecular complexity index is 1470. The Hall–Kier alpha value is -2.38. The fourth-order valence-corrected chi connectivity index (χ4v) is 5.54. The fourth-order valence-electron chi connectivity index (χ4n) is 4.01. The van der Waals surface area contributed by atoms with Crippen molar-refractivity contribution in [3.63, 3.8) is 0 Å². The highest BCUT2D eigenvalue weighted by atomic mass is 35.5. The molecule has 3 aromatic rings. The van der Waals surface area contributed by atoms with Gasteiger partial charge in [-0.05, 0) is 56.2 Å². The maximum absolute atomic E-state index is 13.7. The third-order valence-corrected chi connectivity index (χ3v) is 7.82. The predicted molar refractivity (Wildman–Crippen MR) is 140 cm³/mol. The van der Waals surface area contributed by atoms with Crippen molar-refractivity contribution in [1.29, 1.82) is 0 Å². The first-order chi connectivity index (χ1) is 16.3. The summed E-state index contributed by atoms with van der Waals surface area (Å²) < 4.78 is 2.04. The van der Waals surface area contributed by atoms with Crippen LogP contribution in [0.2, 0.25) is 15.1 Å². The molecular weight excluding hydrogens is 513 g/mol. The zero-order valence-electron chi connectivity index (χ0n) is 18.8. The number of halogens is 3. The second kappa shape index (κ2) is 10.1. The number of nitrogens with zero attached hydrogens (tertiary/aromatic N) is 3. The molecule has 1 aliphatic heterocycles. The Morgan fingerprint density at radius 3 is 2.44 bits per heavy atom. The summed E-state index contributed by atoms with van der Waals surface area (Å²) in [5, 5.41) is 1.35. The number of rotatable bonds is 5. The van der Waals surface area contributed by atoms with Crippen LogP contribution in [0.25, 0.3) is 6.08 Å². The van der Waals surface area contributed by atoms with Gasteiger partial charge in [0.1, 0.15) is 0 Å². The van der Waals surface area contributed by atoms with Gasteiger partial charge in [-0.2, -0.15) is 0 Å². The lowest BCUT2D eigenvalue weighted by Crippen LogP contribution is -2.43. The van der Waals surface area contributed by atoms with Crippen LogP contribution in [0.5, 0.6) is 0 Å². The maximum Gasteiger partial charge on any atom is 0.271 e. The summed E-state index contributed by atoms with van der Waals surface area (Å²) in [6.07, 6.45) is 1.71. The number of hydrogen-bond acceptors (Lipinski definition) is 4. The molecule has 1 amide bonds. The van der Waals surface area contributed by atoms with Gasteiger partial charge in [0.15, 0.2) is 4.80 Å². The molecule has 9 heteroatoms. The van der Waals surface area contributed by atoms with Crippen molar-refractivity contribution in [2.75, 3.05) is 13.1 Å². The molecular formula is C25H22Cl3N3O2S. The Kier molecular flexibility index (Phi) is 7.33. The number of amides is 1. The average Bonchev–Trinajstić information content (AvgIpc) is 3.11. The van der Waals surface area contributed by atoms with Gasteiger partial charge in [0.2, 0.25) is 0 Å². The fraction of sp³-hybridized carbons (Fsp3) is 0.240. The molecule has 176 valence electrons. The number of carbonyl (C=O) groups excluding carboxylic acids is 1. The smallest absolute Gasteiger partial charge is 0.271 e. The normalized spacial score (nSPS) is 15.8. The lowest BCUT2D eigenvalue weighted by atomic mass is 9.94. The Balaban J connectivity index is 1.98. The molecule has 0 saturated carbocycles. The van der Waals surface area contributed by atoms with Crippen LogP contribution < -0.4 is 14.9 Å². The second-order valence-electron chi connectivity index (χ2n) is 7.75. The molecule has 1 aliphatic rings. The van der Waals surface area contributed by atoms with Gasteiger partial charge in [-0.15, -0.1) is 0 Å². The van der Waals surface area contributed by atoms with E-state index in [0.29, 0.717) is 54.3 Å². The Labute approximate surface area is 216 Å². The van der Waals surface area contributed by atoms with E-state index in [9.17, 15) is 9.59 Å². The molecule has 1 atom stereocenters. The molecule has 5 nitrogen and oxygen atoms in total. The number of allylic oxidation sites excluding steroid dienone is 1. The zero-order chi connectivity index (χ0) is 24.6. The molecule has 0 radical (unpaired) electrons. The van der Waals surface area contributed by atoms with Crippen LogP contribution in [0.15, 0.2) is 63.5 Å². The number of fused-ring (bicyclic) bond motifs is 1. The van der Waals surface area contributed by atoms with Crippen LogP contribution in [0, 0.1) is 0 Å². The quantitative estimate of drug-likeness (QED) is 0.459. The molecule has 2 heterocycles. The standard InChI is InChI=1S/C25H22Cl3N3O2S/c1-4-30(5-2)24(33)20-14(3)29-25-31(22(20)15-9-11-17(26)12-10-15)23(32)19(34-25)13-16-7-6-8-18(27)21(16)28/h6-13,22H,4-5H2,1-3H3/b19-13+/t22-/m0/s1. The van der Waals surface area contributed by atoms with Crippen molar-refractivity contribution in [3.8, 4) is 0 Å². The van der Waals surface area contributed by atoms with Crippen LogP contribution >= 0.6 is 46.1 Å². The van der Waals surface area contributed by atoms with E-state index >= 15 is 0 Å². The number of carbonyl (C=O) groups is 1. The third-order valence-electron chi connectivity index (χ3n) is 5.76. The highest BCUT2D eigenvalue weighted by Gasteiger charge is 2.34. The second-order valence-corrected chi connectivity index (χ2v) is 9.98. The van der Waals surface area contributed by atoms with Crippen LogP contribution in [0.3, 0.4) is 0 Å². The molecule has 0 aliphatic carbocycles. The van der Waals surface area contributed by atoms with Gasteiger partial charge in [-0.3, -0.25) is 14.2 Å². The molecule has 0 fully saturated rings. The molecule has 0 N–H and O–H groups in total. The molecule has 34 heavy (non-hydrogen) atoms. The van der Waals surface area contributed by atoms with Gasteiger partial charge in [0.25, 0.3) is 11.5 Å². The lowest BCUT2D eigenvalue weighted by Gasteiger charge is -2.29. The number of likely N-dealkylation sites (N-methyl/N-ethyl adjacent to an activating group) is 1. The Morgan fingerprint density at radius 2 is 1.79 bits per heavy atom. The van der Waals surface area contributed by atoms with Gasteiger partial charge in [-0.25, -0.2) is 4.99 Å². The van der Waals surface area contributed by atoms with E-state index in [1.165, 1.54) is 11.3 Å². The van der Waals surface area contributed by atoms with Gasteiger partial charge < -0.3 is 4.90 Å². The summed E-state index contributed by atoms with van der Waals surface area (Å²) in [7, 11) is 0. The largest absolute Gasteiger partial charge is 0.339 e. The zero-order valence-corrected chi connectivity index (χ0v) is 21.9. The van der Waals surface area contributed by atoms with Gasteiger partial charge in [0.05, 0.1) is 31.9 Å². The summed E-state index contributed by atoms with van der Waals surface area (Å²) in [6.45, 7) is 6.77. The van der Waals surface area contributed by atoms with E-state index in [4.69, 9.17) is 34.8 Å². The van der Waals surface area contributed by atoms with Crippen molar-refractivity contribution < 1.29 is 4.79 Å². The van der Waals surface area contributed by atoms with Crippen LogP contribution in [-0.4, -0.2) is 28.5 Å². The van der Waals surface area contributed by atoms with E-state index < -0.39 is 6.04 Å². The predicted octanol–water partition coefficient (Wildman–Crippen LogP) is 5.06. The molecule has 0 spiro atoms. The summed E-state index contributed by atoms with van der Waals surface area (Å²) in [5.74, 6) is -0.140. The maximum atomic E-state index is 13.7. The summed E-state index contributed by atoms with van der Waals surface area (Å²) in [4.78, 5) is 34.1. The number of hydrogen-bond donors (Lipinski definition) is 0. The van der Waals surface area contributed by atoms with Gasteiger partial charge in [-0.1, -0.05) is 70.4 Å². The molecule has 2 aromatic carbocycles. The van der Waals surface area contributed by atoms with Crippen molar-refractivity contribution in [3.05, 3.63) is 99.6 Å². The highest BCUT2D eigenvalue weighted by Crippen LogP contribution is 2.32. The minimum Gasteiger partial charge on any atom is -0.339 e. The first-order valence-electron chi connectivity index (χ1n) is 10.8. The average molecular weight is 535 g/mol. The minimum absolute atomic E-state index is 0.140. The van der Waals surface area contributed by atoms with Crippen LogP contribution in [0.1, 0.15) is 37.9 Å². The molecule has 4 rings (SSSR count). The molecule has 0 bridgehead atoms. The topological polar surface area (TPSA) is 54.7 Å². The van der Waals surface area contributed by atoms with E-state index in [1.807, 2.05) is 32.9 Å². The van der Waals surface area contributed by atoms with E-state index in [-0.39, 0.29) is 11.5 Å². The van der Waals surface area contributed by atoms with Gasteiger partial charge in [0, 0.05) is 18.1 Å². The van der Waals surface area contributed by atoms with Crippen molar-refractivity contribution in [1.82, 2.24) is 9.47 Å². The lowest BCUT2D eigenvalue weighted by molar-refractivity contribution is -0.127. The number of aromatic nitrogens is 1. The molecule has 1 aromatic heterocycles. The summed E-state index contributed by atoms with van der Waals surface area (Å²) in [6, 6.07) is 11.8.